The minimum absolute atomic E-state index is 0.117. The minimum atomic E-state index is -0.589. The molecule has 1 aromatic heterocycles. The first-order valence-corrected chi connectivity index (χ1v) is 9.69. The van der Waals surface area contributed by atoms with Crippen LogP contribution in [0.3, 0.4) is 0 Å². The first-order valence-electron chi connectivity index (χ1n) is 9.31. The molecule has 0 aliphatic heterocycles. The van der Waals surface area contributed by atoms with Crippen LogP contribution in [0.15, 0.2) is 48.7 Å². The zero-order valence-corrected chi connectivity index (χ0v) is 16.2. The molecule has 1 fully saturated rings. The highest BCUT2D eigenvalue weighted by Crippen LogP contribution is 2.19. The van der Waals surface area contributed by atoms with Gasteiger partial charge in [0.25, 0.3) is 5.91 Å². The summed E-state index contributed by atoms with van der Waals surface area (Å²) in [7, 11) is 0. The zero-order valence-electron chi connectivity index (χ0n) is 15.4. The summed E-state index contributed by atoms with van der Waals surface area (Å²) in [6, 6.07) is 12.5. The highest BCUT2D eigenvalue weighted by molar-refractivity contribution is 6.29. The van der Waals surface area contributed by atoms with Gasteiger partial charge >= 0.3 is 0 Å². The van der Waals surface area contributed by atoms with E-state index in [1.54, 1.807) is 24.0 Å². The number of halogens is 1. The van der Waals surface area contributed by atoms with Crippen molar-refractivity contribution >= 4 is 23.4 Å². The summed E-state index contributed by atoms with van der Waals surface area (Å²) in [6.45, 7) is 2.12. The predicted molar refractivity (Wildman–Crippen MR) is 105 cm³/mol. The molecule has 1 heterocycles. The zero-order chi connectivity index (χ0) is 19.2. The second-order valence-corrected chi connectivity index (χ2v) is 7.34. The molecule has 5 nitrogen and oxygen atoms in total. The molecule has 1 aliphatic rings. The smallest absolute Gasteiger partial charge is 0.256 e. The Morgan fingerprint density at radius 2 is 1.89 bits per heavy atom. The Morgan fingerprint density at radius 1 is 1.19 bits per heavy atom. The molecule has 0 unspecified atom stereocenters. The van der Waals surface area contributed by atoms with E-state index in [2.05, 4.69) is 10.3 Å². The van der Waals surface area contributed by atoms with E-state index in [1.807, 2.05) is 30.3 Å². The molecule has 142 valence electrons. The summed E-state index contributed by atoms with van der Waals surface area (Å²) in [5, 5.41) is 3.42. The maximum absolute atomic E-state index is 13.1. The molecule has 1 saturated carbocycles. The molecule has 6 heteroatoms. The Labute approximate surface area is 164 Å². The molecule has 1 aromatic carbocycles. The van der Waals surface area contributed by atoms with Gasteiger partial charge in [0.15, 0.2) is 0 Å². The second kappa shape index (κ2) is 9.00. The standard InChI is InChI=1S/C21H24ClN3O2/c1-15(20(26)24-18-9-5-6-10-18)25(14-16-7-3-2-4-8-16)21(27)17-11-12-19(22)23-13-17/h2-4,7-8,11-13,15,18H,5-6,9-10,14H2,1H3,(H,24,26)/t15-/m0/s1. The van der Waals surface area contributed by atoms with Crippen LogP contribution >= 0.6 is 11.6 Å². The van der Waals surface area contributed by atoms with Crippen molar-refractivity contribution in [2.24, 2.45) is 0 Å². The molecule has 0 bridgehead atoms. The van der Waals surface area contributed by atoms with Crippen molar-refractivity contribution in [2.45, 2.75) is 51.2 Å². The summed E-state index contributed by atoms with van der Waals surface area (Å²) >= 11 is 5.83. The van der Waals surface area contributed by atoms with E-state index in [4.69, 9.17) is 11.6 Å². The van der Waals surface area contributed by atoms with Crippen LogP contribution in [0, 0.1) is 0 Å². The lowest BCUT2D eigenvalue weighted by Gasteiger charge is -2.29. The molecular formula is C21H24ClN3O2. The van der Waals surface area contributed by atoms with Crippen molar-refractivity contribution in [2.75, 3.05) is 0 Å². The molecule has 2 aromatic rings. The van der Waals surface area contributed by atoms with Crippen molar-refractivity contribution in [1.82, 2.24) is 15.2 Å². The molecule has 1 N–H and O–H groups in total. The molecule has 27 heavy (non-hydrogen) atoms. The van der Waals surface area contributed by atoms with Crippen LogP contribution in [-0.2, 0) is 11.3 Å². The van der Waals surface area contributed by atoms with Gasteiger partial charge in [-0.25, -0.2) is 4.98 Å². The Kier molecular flexibility index (Phi) is 6.45. The highest BCUT2D eigenvalue weighted by atomic mass is 35.5. The van der Waals surface area contributed by atoms with Gasteiger partial charge < -0.3 is 10.2 Å². The number of amides is 2. The number of hydrogen-bond acceptors (Lipinski definition) is 3. The van der Waals surface area contributed by atoms with E-state index >= 15 is 0 Å². The number of aromatic nitrogens is 1. The monoisotopic (exact) mass is 385 g/mol. The summed E-state index contributed by atoms with van der Waals surface area (Å²) in [4.78, 5) is 31.5. The minimum Gasteiger partial charge on any atom is -0.352 e. The van der Waals surface area contributed by atoms with Gasteiger partial charge in [-0.1, -0.05) is 54.8 Å². The Hall–Kier alpha value is -2.40. The average molecular weight is 386 g/mol. The quantitative estimate of drug-likeness (QED) is 0.769. The fourth-order valence-corrected chi connectivity index (χ4v) is 3.48. The Bertz CT molecular complexity index is 774. The number of pyridine rings is 1. The van der Waals surface area contributed by atoms with Gasteiger partial charge in [0.2, 0.25) is 5.91 Å². The molecule has 3 rings (SSSR count). The van der Waals surface area contributed by atoms with Gasteiger partial charge in [0.1, 0.15) is 11.2 Å². The maximum atomic E-state index is 13.1. The number of rotatable bonds is 6. The van der Waals surface area contributed by atoms with Crippen LogP contribution in [0.25, 0.3) is 0 Å². The first-order chi connectivity index (χ1) is 13.0. The van der Waals surface area contributed by atoms with Gasteiger partial charge in [-0.05, 0) is 37.5 Å². The van der Waals surface area contributed by atoms with Gasteiger partial charge in [0.05, 0.1) is 5.56 Å². The van der Waals surface area contributed by atoms with Crippen LogP contribution < -0.4 is 5.32 Å². The molecule has 0 saturated heterocycles. The van der Waals surface area contributed by atoms with Crippen LogP contribution in [0.2, 0.25) is 5.15 Å². The van der Waals surface area contributed by atoms with Crippen LogP contribution in [0.1, 0.15) is 48.5 Å². The lowest BCUT2D eigenvalue weighted by molar-refractivity contribution is -0.126. The SMILES string of the molecule is C[C@@H](C(=O)NC1CCCC1)N(Cc1ccccc1)C(=O)c1ccc(Cl)nc1. The van der Waals surface area contributed by atoms with Crippen LogP contribution in [-0.4, -0.2) is 33.8 Å². The highest BCUT2D eigenvalue weighted by Gasteiger charge is 2.29. The van der Waals surface area contributed by atoms with Crippen molar-refractivity contribution < 1.29 is 9.59 Å². The summed E-state index contributed by atoms with van der Waals surface area (Å²) < 4.78 is 0. The molecule has 2 amide bonds. The van der Waals surface area contributed by atoms with Gasteiger partial charge in [-0.2, -0.15) is 0 Å². The number of hydrogen-bond donors (Lipinski definition) is 1. The second-order valence-electron chi connectivity index (χ2n) is 6.95. The lowest BCUT2D eigenvalue weighted by Crippen LogP contribution is -2.49. The first kappa shape index (κ1) is 19.4. The van der Waals surface area contributed by atoms with Crippen molar-refractivity contribution in [3.63, 3.8) is 0 Å². The summed E-state index contributed by atoms with van der Waals surface area (Å²) in [6.07, 6.45) is 5.74. The number of nitrogens with zero attached hydrogens (tertiary/aromatic N) is 2. The third-order valence-corrected chi connectivity index (χ3v) is 5.20. The maximum Gasteiger partial charge on any atom is 0.256 e. The van der Waals surface area contributed by atoms with Crippen molar-refractivity contribution in [3.8, 4) is 0 Å². The van der Waals surface area contributed by atoms with Crippen LogP contribution in [0.5, 0.6) is 0 Å². The number of carbonyl (C=O) groups is 2. The molecule has 1 aliphatic carbocycles. The van der Waals surface area contributed by atoms with Crippen molar-refractivity contribution in [1.29, 1.82) is 0 Å². The van der Waals surface area contributed by atoms with Gasteiger partial charge in [-0.3, -0.25) is 9.59 Å². The number of benzene rings is 1. The predicted octanol–water partition coefficient (Wildman–Crippen LogP) is 3.82. The van der Waals surface area contributed by atoms with E-state index < -0.39 is 6.04 Å². The van der Waals surface area contributed by atoms with E-state index in [0.717, 1.165) is 31.2 Å². The van der Waals surface area contributed by atoms with Crippen molar-refractivity contribution in [3.05, 3.63) is 64.9 Å². The topological polar surface area (TPSA) is 62.3 Å². The average Bonchev–Trinajstić information content (AvgIpc) is 3.19. The summed E-state index contributed by atoms with van der Waals surface area (Å²) in [5.74, 6) is -0.356. The van der Waals surface area contributed by atoms with E-state index in [0.29, 0.717) is 17.3 Å². The Balaban J connectivity index is 1.80. The Morgan fingerprint density at radius 3 is 2.52 bits per heavy atom. The largest absolute Gasteiger partial charge is 0.352 e. The lowest BCUT2D eigenvalue weighted by atomic mass is 10.1. The number of carbonyl (C=O) groups excluding carboxylic acids is 2. The molecule has 1 atom stereocenters. The molecular weight excluding hydrogens is 362 g/mol. The fourth-order valence-electron chi connectivity index (χ4n) is 3.37. The third-order valence-electron chi connectivity index (χ3n) is 4.98. The van der Waals surface area contributed by atoms with Crippen LogP contribution in [0.4, 0.5) is 0 Å². The van der Waals surface area contributed by atoms with E-state index in [-0.39, 0.29) is 17.9 Å². The summed E-state index contributed by atoms with van der Waals surface area (Å²) in [5.41, 5.74) is 1.38. The third kappa shape index (κ3) is 5.07. The van der Waals surface area contributed by atoms with Gasteiger partial charge in [-0.15, -0.1) is 0 Å². The fraction of sp³-hybridized carbons (Fsp3) is 0.381. The van der Waals surface area contributed by atoms with E-state index in [9.17, 15) is 9.59 Å². The number of nitrogens with one attached hydrogen (secondary N) is 1. The van der Waals surface area contributed by atoms with E-state index in [1.165, 1.54) is 6.20 Å². The molecule has 0 radical (unpaired) electrons. The van der Waals surface area contributed by atoms with Gasteiger partial charge in [0, 0.05) is 18.8 Å². The normalized spacial score (nSPS) is 15.3. The molecule has 0 spiro atoms.